The summed E-state index contributed by atoms with van der Waals surface area (Å²) in [5.41, 5.74) is 2.14. The number of nitrogens with one attached hydrogen (secondary N) is 1. The highest BCUT2D eigenvalue weighted by Crippen LogP contribution is 2.25. The minimum absolute atomic E-state index is 0.0565. The number of morpholine rings is 1. The van der Waals surface area contributed by atoms with Crippen LogP contribution in [0.25, 0.3) is 21.9 Å². The van der Waals surface area contributed by atoms with Crippen LogP contribution in [0.3, 0.4) is 0 Å². The number of rotatable bonds is 4. The molecular weight excluding hydrogens is 342 g/mol. The van der Waals surface area contributed by atoms with E-state index in [0.29, 0.717) is 25.6 Å². The van der Waals surface area contributed by atoms with Gasteiger partial charge in [0.1, 0.15) is 5.82 Å². The van der Waals surface area contributed by atoms with E-state index in [2.05, 4.69) is 39.4 Å². The van der Waals surface area contributed by atoms with Gasteiger partial charge < -0.3 is 10.1 Å². The zero-order valence-corrected chi connectivity index (χ0v) is 15.6. The van der Waals surface area contributed by atoms with Crippen molar-refractivity contribution in [3.8, 4) is 11.1 Å². The van der Waals surface area contributed by atoms with Gasteiger partial charge in [-0.3, -0.25) is 14.4 Å². The number of anilines is 1. The van der Waals surface area contributed by atoms with Gasteiger partial charge in [0, 0.05) is 43.0 Å². The number of amides is 1. The Hall–Kier alpha value is -2.77. The summed E-state index contributed by atoms with van der Waals surface area (Å²) in [5, 5.41) is 9.20. The van der Waals surface area contributed by atoms with Gasteiger partial charge >= 0.3 is 0 Å². The van der Waals surface area contributed by atoms with Crippen LogP contribution < -0.4 is 5.32 Å². The van der Waals surface area contributed by atoms with Gasteiger partial charge in [0.2, 0.25) is 5.91 Å². The fraction of sp³-hybridized carbons (Fsp3) is 0.350. The minimum atomic E-state index is -0.0565. The second-order valence-corrected chi connectivity index (χ2v) is 6.98. The van der Waals surface area contributed by atoms with Gasteiger partial charge in [-0.05, 0) is 30.0 Å². The first-order valence-corrected chi connectivity index (χ1v) is 9.09. The molecule has 0 saturated carbocycles. The molecule has 1 atom stereocenters. The lowest BCUT2D eigenvalue weighted by Gasteiger charge is -2.32. The third kappa shape index (κ3) is 3.99. The number of aryl methyl sites for hydroxylation is 1. The second-order valence-electron chi connectivity index (χ2n) is 6.98. The zero-order chi connectivity index (χ0) is 18.8. The SMILES string of the molecule is C[C@@H]1COCCN1CC(=O)Nc1cc2cc(-c3cnn(C)c3)ccc2cn1. The first-order chi connectivity index (χ1) is 13.1. The molecule has 0 unspecified atom stereocenters. The molecule has 1 aromatic carbocycles. The van der Waals surface area contributed by atoms with Crippen molar-refractivity contribution in [1.29, 1.82) is 0 Å². The van der Waals surface area contributed by atoms with E-state index in [0.717, 1.165) is 28.4 Å². The molecule has 1 aliphatic rings. The second kappa shape index (κ2) is 7.46. The summed E-state index contributed by atoms with van der Waals surface area (Å²) in [6.45, 7) is 4.52. The number of fused-ring (bicyclic) bond motifs is 1. The van der Waals surface area contributed by atoms with Crippen LogP contribution in [-0.4, -0.2) is 57.9 Å². The molecule has 0 bridgehead atoms. The molecule has 4 rings (SSSR count). The number of carbonyl (C=O) groups excluding carboxylic acids is 1. The van der Waals surface area contributed by atoms with E-state index in [1.54, 1.807) is 10.9 Å². The number of ether oxygens (including phenoxy) is 1. The van der Waals surface area contributed by atoms with Crippen molar-refractivity contribution >= 4 is 22.5 Å². The van der Waals surface area contributed by atoms with E-state index in [1.807, 2.05) is 31.6 Å². The normalized spacial score (nSPS) is 17.9. The molecule has 0 spiro atoms. The summed E-state index contributed by atoms with van der Waals surface area (Å²) in [4.78, 5) is 18.9. The molecule has 1 aliphatic heterocycles. The summed E-state index contributed by atoms with van der Waals surface area (Å²) < 4.78 is 7.20. The molecule has 0 aliphatic carbocycles. The standard InChI is InChI=1S/C20H23N5O2/c1-14-13-27-6-5-25(14)12-20(26)23-19-8-17-7-15(3-4-16(17)9-21-19)18-10-22-24(2)11-18/h3-4,7-11,14H,5-6,12-13H2,1-2H3,(H,21,23,26)/t14-/m1/s1. The summed E-state index contributed by atoms with van der Waals surface area (Å²) in [5.74, 6) is 0.510. The molecule has 1 saturated heterocycles. The van der Waals surface area contributed by atoms with Crippen LogP contribution in [0, 0.1) is 0 Å². The summed E-state index contributed by atoms with van der Waals surface area (Å²) >= 11 is 0. The number of nitrogens with zero attached hydrogens (tertiary/aromatic N) is 4. The Morgan fingerprint density at radius 1 is 1.26 bits per heavy atom. The van der Waals surface area contributed by atoms with Crippen LogP contribution in [0.1, 0.15) is 6.92 Å². The highest BCUT2D eigenvalue weighted by molar-refractivity contribution is 5.94. The van der Waals surface area contributed by atoms with Crippen LogP contribution in [-0.2, 0) is 16.6 Å². The van der Waals surface area contributed by atoms with Crippen molar-refractivity contribution in [2.24, 2.45) is 7.05 Å². The van der Waals surface area contributed by atoms with Crippen LogP contribution in [0.2, 0.25) is 0 Å². The number of benzene rings is 1. The Morgan fingerprint density at radius 2 is 2.15 bits per heavy atom. The van der Waals surface area contributed by atoms with Gasteiger partial charge in [-0.2, -0.15) is 5.10 Å². The molecule has 7 heteroatoms. The van der Waals surface area contributed by atoms with Crippen LogP contribution in [0.5, 0.6) is 0 Å². The minimum Gasteiger partial charge on any atom is -0.379 e. The van der Waals surface area contributed by atoms with E-state index >= 15 is 0 Å². The Kier molecular flexibility index (Phi) is 4.87. The number of hydrogen-bond donors (Lipinski definition) is 1. The molecular formula is C20H23N5O2. The van der Waals surface area contributed by atoms with E-state index in [-0.39, 0.29) is 11.9 Å². The van der Waals surface area contributed by atoms with Crippen molar-refractivity contribution in [1.82, 2.24) is 19.7 Å². The van der Waals surface area contributed by atoms with Gasteiger partial charge in [0.15, 0.2) is 0 Å². The average Bonchev–Trinajstić information content (AvgIpc) is 3.09. The Morgan fingerprint density at radius 3 is 2.93 bits per heavy atom. The maximum atomic E-state index is 12.4. The van der Waals surface area contributed by atoms with Crippen molar-refractivity contribution < 1.29 is 9.53 Å². The highest BCUT2D eigenvalue weighted by atomic mass is 16.5. The number of aromatic nitrogens is 3. The third-order valence-corrected chi connectivity index (χ3v) is 4.88. The van der Waals surface area contributed by atoms with Gasteiger partial charge in [-0.1, -0.05) is 12.1 Å². The lowest BCUT2D eigenvalue weighted by atomic mass is 10.1. The first kappa shape index (κ1) is 17.6. The lowest BCUT2D eigenvalue weighted by Crippen LogP contribution is -2.47. The smallest absolute Gasteiger partial charge is 0.239 e. The quantitative estimate of drug-likeness (QED) is 0.768. The van der Waals surface area contributed by atoms with Crippen molar-refractivity contribution in [3.05, 3.63) is 42.9 Å². The summed E-state index contributed by atoms with van der Waals surface area (Å²) in [7, 11) is 1.90. The van der Waals surface area contributed by atoms with E-state index in [1.165, 1.54) is 0 Å². The van der Waals surface area contributed by atoms with Gasteiger partial charge in [0.25, 0.3) is 0 Å². The Bertz CT molecular complexity index is 968. The molecule has 1 amide bonds. The maximum Gasteiger partial charge on any atom is 0.239 e. The molecule has 1 fully saturated rings. The van der Waals surface area contributed by atoms with E-state index in [9.17, 15) is 4.79 Å². The molecule has 0 radical (unpaired) electrons. The number of hydrogen-bond acceptors (Lipinski definition) is 5. The fourth-order valence-electron chi connectivity index (χ4n) is 3.32. The zero-order valence-electron chi connectivity index (χ0n) is 15.6. The predicted molar refractivity (Wildman–Crippen MR) is 104 cm³/mol. The van der Waals surface area contributed by atoms with Gasteiger partial charge in [-0.15, -0.1) is 0 Å². The van der Waals surface area contributed by atoms with Crippen LogP contribution in [0.4, 0.5) is 5.82 Å². The van der Waals surface area contributed by atoms with E-state index in [4.69, 9.17) is 4.74 Å². The average molecular weight is 365 g/mol. The van der Waals surface area contributed by atoms with Gasteiger partial charge in [0.05, 0.1) is 26.0 Å². The lowest BCUT2D eigenvalue weighted by molar-refractivity contribution is -0.119. The van der Waals surface area contributed by atoms with Crippen LogP contribution >= 0.6 is 0 Å². The number of pyridine rings is 1. The topological polar surface area (TPSA) is 72.3 Å². The van der Waals surface area contributed by atoms with Crippen LogP contribution in [0.15, 0.2) is 42.9 Å². The largest absolute Gasteiger partial charge is 0.379 e. The Balaban J connectivity index is 1.51. The van der Waals surface area contributed by atoms with E-state index < -0.39 is 0 Å². The Labute approximate surface area is 157 Å². The monoisotopic (exact) mass is 365 g/mol. The maximum absolute atomic E-state index is 12.4. The molecule has 3 heterocycles. The molecule has 140 valence electrons. The molecule has 7 nitrogen and oxygen atoms in total. The molecule has 3 aromatic rings. The predicted octanol–water partition coefficient (Wildman–Crippen LogP) is 2.29. The summed E-state index contributed by atoms with van der Waals surface area (Å²) in [6.07, 6.45) is 5.61. The summed E-state index contributed by atoms with van der Waals surface area (Å²) in [6, 6.07) is 8.34. The molecule has 1 N–H and O–H groups in total. The fourth-order valence-corrected chi connectivity index (χ4v) is 3.32. The van der Waals surface area contributed by atoms with Crippen molar-refractivity contribution in [2.75, 3.05) is 31.6 Å². The molecule has 27 heavy (non-hydrogen) atoms. The van der Waals surface area contributed by atoms with Crippen molar-refractivity contribution in [2.45, 2.75) is 13.0 Å². The molecule has 2 aromatic heterocycles. The highest BCUT2D eigenvalue weighted by Gasteiger charge is 2.21. The number of carbonyl (C=O) groups is 1. The van der Waals surface area contributed by atoms with Crippen molar-refractivity contribution in [3.63, 3.8) is 0 Å². The first-order valence-electron chi connectivity index (χ1n) is 9.09. The van der Waals surface area contributed by atoms with Gasteiger partial charge in [-0.25, -0.2) is 4.98 Å². The third-order valence-electron chi connectivity index (χ3n) is 4.88.